The molecule has 0 aromatic heterocycles. The number of nitrogens with zero attached hydrogens (tertiary/aromatic N) is 1. The van der Waals surface area contributed by atoms with Gasteiger partial charge in [0.25, 0.3) is 0 Å². The van der Waals surface area contributed by atoms with E-state index in [4.69, 9.17) is 0 Å². The second-order valence-electron chi connectivity index (χ2n) is 6.26. The normalized spacial score (nSPS) is 17.3. The lowest BCUT2D eigenvalue weighted by atomic mass is 10.1. The minimum atomic E-state index is -3.30. The predicted octanol–water partition coefficient (Wildman–Crippen LogP) is 3.61. The van der Waals surface area contributed by atoms with E-state index in [-0.39, 0.29) is 11.8 Å². The molecule has 0 saturated carbocycles. The quantitative estimate of drug-likeness (QED) is 0.841. The fourth-order valence-corrected chi connectivity index (χ4v) is 4.75. The number of benzene rings is 2. The maximum Gasteiger partial charge on any atom is 0.180 e. The molecule has 1 aliphatic rings. The first kappa shape index (κ1) is 16.2. The fraction of sp³-hybridized carbons (Fsp3) is 0.368. The van der Waals surface area contributed by atoms with E-state index in [1.807, 2.05) is 49.4 Å². The summed E-state index contributed by atoms with van der Waals surface area (Å²) >= 11 is 0. The van der Waals surface area contributed by atoms with Gasteiger partial charge in [0, 0.05) is 6.04 Å². The van der Waals surface area contributed by atoms with Crippen molar-refractivity contribution in [2.45, 2.75) is 30.7 Å². The van der Waals surface area contributed by atoms with E-state index in [1.54, 1.807) is 12.1 Å². The second kappa shape index (κ2) is 6.85. The zero-order chi connectivity index (χ0) is 16.3. The van der Waals surface area contributed by atoms with Gasteiger partial charge in [0.1, 0.15) is 0 Å². The molecule has 3 nitrogen and oxygen atoms in total. The Hall–Kier alpha value is -1.65. The summed E-state index contributed by atoms with van der Waals surface area (Å²) in [6, 6.07) is 17.1. The molecule has 0 aliphatic carbocycles. The van der Waals surface area contributed by atoms with Crippen molar-refractivity contribution in [1.82, 2.24) is 4.90 Å². The van der Waals surface area contributed by atoms with Gasteiger partial charge in [0.05, 0.1) is 10.6 Å². The maximum atomic E-state index is 12.9. The van der Waals surface area contributed by atoms with Gasteiger partial charge >= 0.3 is 0 Å². The van der Waals surface area contributed by atoms with E-state index in [0.717, 1.165) is 37.1 Å². The van der Waals surface area contributed by atoms with Crippen LogP contribution in [0.1, 0.15) is 30.0 Å². The van der Waals surface area contributed by atoms with E-state index < -0.39 is 9.84 Å². The predicted molar refractivity (Wildman–Crippen MR) is 93.2 cm³/mol. The van der Waals surface area contributed by atoms with Crippen LogP contribution >= 0.6 is 0 Å². The first-order valence-electron chi connectivity index (χ1n) is 8.15. The molecule has 1 fully saturated rings. The molecule has 2 aromatic carbocycles. The third kappa shape index (κ3) is 3.82. The first-order valence-corrected chi connectivity index (χ1v) is 9.80. The third-order valence-corrected chi connectivity index (χ3v) is 6.27. The van der Waals surface area contributed by atoms with Crippen LogP contribution in [-0.2, 0) is 9.84 Å². The topological polar surface area (TPSA) is 37.4 Å². The molecular weight excluding hydrogens is 306 g/mol. The summed E-state index contributed by atoms with van der Waals surface area (Å²) in [7, 11) is -3.30. The maximum absolute atomic E-state index is 12.9. The van der Waals surface area contributed by atoms with Gasteiger partial charge in [-0.25, -0.2) is 8.42 Å². The largest absolute Gasteiger partial charge is 0.295 e. The zero-order valence-electron chi connectivity index (χ0n) is 13.5. The van der Waals surface area contributed by atoms with Crippen molar-refractivity contribution in [3.8, 4) is 0 Å². The summed E-state index contributed by atoms with van der Waals surface area (Å²) in [5, 5.41) is 0. The van der Waals surface area contributed by atoms with E-state index in [9.17, 15) is 8.42 Å². The van der Waals surface area contributed by atoms with Crippen LogP contribution in [0.15, 0.2) is 59.5 Å². The van der Waals surface area contributed by atoms with Gasteiger partial charge in [0.15, 0.2) is 9.84 Å². The van der Waals surface area contributed by atoms with E-state index >= 15 is 0 Å². The number of rotatable bonds is 5. The Balaban J connectivity index is 1.90. The molecule has 0 radical (unpaired) electrons. The highest BCUT2D eigenvalue weighted by atomic mass is 32.2. The number of sulfone groups is 1. The Kier molecular flexibility index (Phi) is 4.83. The monoisotopic (exact) mass is 329 g/mol. The number of hydrogen-bond acceptors (Lipinski definition) is 3. The van der Waals surface area contributed by atoms with Crippen LogP contribution in [0.5, 0.6) is 0 Å². The molecule has 3 rings (SSSR count). The SMILES string of the molecule is Cc1ccc(S(=O)(=O)C[C@H](c2ccccc2)N2CCCC2)cc1. The minimum absolute atomic E-state index is 0.0648. The zero-order valence-corrected chi connectivity index (χ0v) is 14.3. The molecule has 122 valence electrons. The van der Waals surface area contributed by atoms with Crippen LogP contribution in [-0.4, -0.2) is 32.2 Å². The Morgan fingerprint density at radius 1 is 0.957 bits per heavy atom. The molecule has 4 heteroatoms. The van der Waals surface area contributed by atoms with Crippen molar-refractivity contribution in [2.24, 2.45) is 0 Å². The summed E-state index contributed by atoms with van der Waals surface area (Å²) in [4.78, 5) is 2.73. The smallest absolute Gasteiger partial charge is 0.180 e. The van der Waals surface area contributed by atoms with E-state index in [1.165, 1.54) is 0 Å². The molecular formula is C19H23NO2S. The molecule has 1 heterocycles. The molecule has 0 amide bonds. The van der Waals surface area contributed by atoms with Gasteiger partial charge in [0.2, 0.25) is 0 Å². The van der Waals surface area contributed by atoms with Crippen LogP contribution in [0.25, 0.3) is 0 Å². The molecule has 2 aromatic rings. The number of hydrogen-bond donors (Lipinski definition) is 0. The van der Waals surface area contributed by atoms with Crippen molar-refractivity contribution in [3.05, 3.63) is 65.7 Å². The Morgan fingerprint density at radius 2 is 1.57 bits per heavy atom. The molecule has 0 spiro atoms. The van der Waals surface area contributed by atoms with E-state index in [0.29, 0.717) is 4.90 Å². The van der Waals surface area contributed by atoms with Gasteiger partial charge in [-0.2, -0.15) is 0 Å². The Labute approximate surface area is 138 Å². The van der Waals surface area contributed by atoms with Gasteiger partial charge in [-0.05, 0) is 50.6 Å². The lowest BCUT2D eigenvalue weighted by molar-refractivity contribution is 0.264. The number of aryl methyl sites for hydroxylation is 1. The second-order valence-corrected chi connectivity index (χ2v) is 8.30. The Bertz CT molecular complexity index is 733. The highest BCUT2D eigenvalue weighted by molar-refractivity contribution is 7.91. The average molecular weight is 329 g/mol. The fourth-order valence-electron chi connectivity index (χ4n) is 3.19. The van der Waals surface area contributed by atoms with Gasteiger partial charge in [-0.3, -0.25) is 4.90 Å². The highest BCUT2D eigenvalue weighted by Crippen LogP contribution is 2.28. The molecule has 1 aliphatic heterocycles. The van der Waals surface area contributed by atoms with Crippen LogP contribution in [0.2, 0.25) is 0 Å². The van der Waals surface area contributed by atoms with Gasteiger partial charge in [-0.1, -0.05) is 48.0 Å². The number of likely N-dealkylation sites (tertiary alicyclic amines) is 1. The molecule has 0 bridgehead atoms. The van der Waals surface area contributed by atoms with Crippen LogP contribution in [0.4, 0.5) is 0 Å². The van der Waals surface area contributed by atoms with Crippen LogP contribution in [0, 0.1) is 6.92 Å². The van der Waals surface area contributed by atoms with Crippen LogP contribution < -0.4 is 0 Å². The third-order valence-electron chi connectivity index (χ3n) is 4.52. The van der Waals surface area contributed by atoms with Crippen molar-refractivity contribution in [3.63, 3.8) is 0 Å². The molecule has 1 atom stereocenters. The summed E-state index contributed by atoms with van der Waals surface area (Å²) in [6.07, 6.45) is 2.29. The summed E-state index contributed by atoms with van der Waals surface area (Å²) in [5.74, 6) is 0.139. The van der Waals surface area contributed by atoms with Crippen molar-refractivity contribution in [2.75, 3.05) is 18.8 Å². The van der Waals surface area contributed by atoms with Crippen molar-refractivity contribution >= 4 is 9.84 Å². The van der Waals surface area contributed by atoms with Gasteiger partial charge < -0.3 is 0 Å². The molecule has 0 unspecified atom stereocenters. The van der Waals surface area contributed by atoms with Crippen LogP contribution in [0.3, 0.4) is 0 Å². The van der Waals surface area contributed by atoms with Gasteiger partial charge in [-0.15, -0.1) is 0 Å². The summed E-state index contributed by atoms with van der Waals surface area (Å²) < 4.78 is 25.7. The minimum Gasteiger partial charge on any atom is -0.295 e. The lowest BCUT2D eigenvalue weighted by Gasteiger charge is -2.27. The first-order chi connectivity index (χ1) is 11.1. The van der Waals surface area contributed by atoms with Crippen molar-refractivity contribution in [1.29, 1.82) is 0 Å². The standard InChI is InChI=1S/C19H23NO2S/c1-16-9-11-18(12-10-16)23(21,22)15-19(20-13-5-6-14-20)17-7-3-2-4-8-17/h2-4,7-12,19H,5-6,13-15H2,1H3/t19-/m1/s1. The Morgan fingerprint density at radius 3 is 2.17 bits per heavy atom. The average Bonchev–Trinajstić information content (AvgIpc) is 3.08. The molecule has 0 N–H and O–H groups in total. The summed E-state index contributed by atoms with van der Waals surface area (Å²) in [6.45, 7) is 3.92. The molecule has 23 heavy (non-hydrogen) atoms. The lowest BCUT2D eigenvalue weighted by Crippen LogP contribution is -2.31. The van der Waals surface area contributed by atoms with Crippen molar-refractivity contribution < 1.29 is 8.42 Å². The summed E-state index contributed by atoms with van der Waals surface area (Å²) in [5.41, 5.74) is 2.16. The van der Waals surface area contributed by atoms with E-state index in [2.05, 4.69) is 4.90 Å². The highest BCUT2D eigenvalue weighted by Gasteiger charge is 2.29. The molecule has 1 saturated heterocycles.